The molecule has 2 aromatic rings. The molecule has 1 aliphatic carbocycles. The number of allylic oxidation sites excluding steroid dienone is 5. The molecule has 0 radical (unpaired) electrons. The Morgan fingerprint density at radius 1 is 0.943 bits per heavy atom. The number of halogens is 6. The number of rotatable bonds is 4. The molecule has 0 aliphatic heterocycles. The number of alkyl halides is 6. The third kappa shape index (κ3) is 4.88. The number of hydrogen-bond donors (Lipinski definition) is 0. The summed E-state index contributed by atoms with van der Waals surface area (Å²) in [7, 11) is 0. The highest BCUT2D eigenvalue weighted by Crippen LogP contribution is 2.53. The predicted molar refractivity (Wildman–Crippen MR) is 121 cm³/mol. The van der Waals surface area contributed by atoms with Crippen LogP contribution in [0.5, 0.6) is 0 Å². The summed E-state index contributed by atoms with van der Waals surface area (Å²) in [6, 6.07) is 9.80. The van der Waals surface area contributed by atoms with Gasteiger partial charge in [-0.3, -0.25) is 0 Å². The Labute approximate surface area is 199 Å². The van der Waals surface area contributed by atoms with Crippen LogP contribution in [0.1, 0.15) is 48.4 Å². The van der Waals surface area contributed by atoms with Gasteiger partial charge in [-0.05, 0) is 71.4 Å². The molecular formula is C27H20F6N2. The van der Waals surface area contributed by atoms with Crippen molar-refractivity contribution in [2.75, 3.05) is 0 Å². The highest BCUT2D eigenvalue weighted by Gasteiger charge is 2.40. The third-order valence-corrected chi connectivity index (χ3v) is 6.18. The van der Waals surface area contributed by atoms with Gasteiger partial charge in [-0.25, -0.2) is 0 Å². The van der Waals surface area contributed by atoms with Gasteiger partial charge in [-0.1, -0.05) is 43.4 Å². The van der Waals surface area contributed by atoms with Crippen LogP contribution in [0.4, 0.5) is 26.3 Å². The van der Waals surface area contributed by atoms with E-state index in [2.05, 4.69) is 6.58 Å². The first kappa shape index (κ1) is 25.8. The van der Waals surface area contributed by atoms with Crippen molar-refractivity contribution >= 4 is 5.57 Å². The minimum atomic E-state index is -4.97. The van der Waals surface area contributed by atoms with Crippen LogP contribution in [0.3, 0.4) is 0 Å². The zero-order valence-corrected chi connectivity index (χ0v) is 18.8. The van der Waals surface area contributed by atoms with Crippen molar-refractivity contribution in [1.82, 2.24) is 0 Å². The molecule has 0 aromatic heterocycles. The SMILES string of the molecule is C=C/C=C(\C)C1C(=C(C#N)C#N)c2cc(-c3cc(C(F)(F)F)cc(C(F)(F)F)c3)ccc2C1CC. The van der Waals surface area contributed by atoms with Crippen LogP contribution in [0.15, 0.2) is 66.3 Å². The van der Waals surface area contributed by atoms with Crippen LogP contribution in [0.2, 0.25) is 0 Å². The molecule has 0 amide bonds. The highest BCUT2D eigenvalue weighted by atomic mass is 19.4. The summed E-state index contributed by atoms with van der Waals surface area (Å²) in [6.07, 6.45) is -5.98. The first-order valence-corrected chi connectivity index (χ1v) is 10.6. The third-order valence-electron chi connectivity index (χ3n) is 6.18. The van der Waals surface area contributed by atoms with Crippen molar-refractivity contribution < 1.29 is 26.3 Å². The van der Waals surface area contributed by atoms with E-state index in [-0.39, 0.29) is 34.6 Å². The first-order chi connectivity index (χ1) is 16.4. The van der Waals surface area contributed by atoms with Crippen LogP contribution in [0, 0.1) is 28.6 Å². The van der Waals surface area contributed by atoms with E-state index in [9.17, 15) is 36.9 Å². The van der Waals surface area contributed by atoms with Gasteiger partial charge in [0.25, 0.3) is 0 Å². The number of nitrogens with zero attached hydrogens (tertiary/aromatic N) is 2. The molecule has 0 N–H and O–H groups in total. The summed E-state index contributed by atoms with van der Waals surface area (Å²) in [4.78, 5) is 0. The Balaban J connectivity index is 2.33. The second kappa shape index (κ2) is 9.46. The van der Waals surface area contributed by atoms with Crippen molar-refractivity contribution in [3.05, 3.63) is 88.5 Å². The lowest BCUT2D eigenvalue weighted by molar-refractivity contribution is -0.143. The van der Waals surface area contributed by atoms with E-state index >= 15 is 0 Å². The lowest BCUT2D eigenvalue weighted by Gasteiger charge is -2.21. The minimum absolute atomic E-state index is 0.0816. The highest BCUT2D eigenvalue weighted by molar-refractivity contribution is 5.87. The summed E-state index contributed by atoms with van der Waals surface area (Å²) in [5.41, 5.74) is -0.628. The Bertz CT molecular complexity index is 1260. The van der Waals surface area contributed by atoms with Gasteiger partial charge >= 0.3 is 12.4 Å². The molecule has 0 saturated heterocycles. The average Bonchev–Trinajstić information content (AvgIpc) is 3.12. The van der Waals surface area contributed by atoms with E-state index in [1.165, 1.54) is 12.1 Å². The summed E-state index contributed by atoms with van der Waals surface area (Å²) in [5, 5.41) is 19.2. The minimum Gasteiger partial charge on any atom is -0.192 e. The topological polar surface area (TPSA) is 47.6 Å². The van der Waals surface area contributed by atoms with E-state index in [1.54, 1.807) is 18.2 Å². The molecule has 1 aliphatic rings. The largest absolute Gasteiger partial charge is 0.416 e. The molecule has 0 saturated carbocycles. The molecule has 2 unspecified atom stereocenters. The lowest BCUT2D eigenvalue weighted by atomic mass is 9.81. The zero-order valence-electron chi connectivity index (χ0n) is 18.8. The number of benzene rings is 2. The fraction of sp³-hybridized carbons (Fsp3) is 0.259. The molecule has 0 spiro atoms. The van der Waals surface area contributed by atoms with Crippen molar-refractivity contribution in [2.45, 2.75) is 38.5 Å². The van der Waals surface area contributed by atoms with Crippen LogP contribution >= 0.6 is 0 Å². The number of hydrogen-bond acceptors (Lipinski definition) is 2. The van der Waals surface area contributed by atoms with E-state index < -0.39 is 23.5 Å². The van der Waals surface area contributed by atoms with Gasteiger partial charge in [0.1, 0.15) is 17.7 Å². The second-order valence-corrected chi connectivity index (χ2v) is 8.25. The first-order valence-electron chi connectivity index (χ1n) is 10.6. The van der Waals surface area contributed by atoms with Crippen molar-refractivity contribution in [1.29, 1.82) is 10.5 Å². The fourth-order valence-electron chi connectivity index (χ4n) is 4.69. The Morgan fingerprint density at radius 2 is 1.51 bits per heavy atom. The number of nitriles is 2. The van der Waals surface area contributed by atoms with Crippen molar-refractivity contribution in [3.63, 3.8) is 0 Å². The van der Waals surface area contributed by atoms with E-state index in [4.69, 9.17) is 0 Å². The summed E-state index contributed by atoms with van der Waals surface area (Å²) in [6.45, 7) is 7.45. The van der Waals surface area contributed by atoms with Gasteiger partial charge < -0.3 is 0 Å². The average molecular weight is 486 g/mol. The standard InChI is InChI=1S/C27H20F6N2/c1-4-6-15(3)24-21(5-2)22-8-7-16(11-23(22)25(24)18(13-34)14-35)17-9-19(26(28,29)30)12-20(10-17)27(31,32)33/h4,6-12,21,24H,1,5H2,2-3H3/b15-6+. The van der Waals surface area contributed by atoms with Gasteiger partial charge in [-0.15, -0.1) is 0 Å². The lowest BCUT2D eigenvalue weighted by Crippen LogP contribution is -2.11. The molecule has 3 rings (SSSR count). The smallest absolute Gasteiger partial charge is 0.192 e. The van der Waals surface area contributed by atoms with Crippen LogP contribution < -0.4 is 0 Å². The Morgan fingerprint density at radius 3 is 1.97 bits per heavy atom. The second-order valence-electron chi connectivity index (χ2n) is 8.25. The molecule has 8 heteroatoms. The molecular weight excluding hydrogens is 466 g/mol. The Kier molecular flexibility index (Phi) is 6.98. The fourth-order valence-corrected chi connectivity index (χ4v) is 4.69. The van der Waals surface area contributed by atoms with Crippen LogP contribution in [-0.2, 0) is 12.4 Å². The monoisotopic (exact) mass is 486 g/mol. The quantitative estimate of drug-likeness (QED) is 0.247. The maximum Gasteiger partial charge on any atom is 0.416 e. The molecule has 2 atom stereocenters. The zero-order chi connectivity index (χ0) is 26.1. The van der Waals surface area contributed by atoms with Crippen molar-refractivity contribution in [3.8, 4) is 23.3 Å². The van der Waals surface area contributed by atoms with E-state index in [0.29, 0.717) is 29.7 Å². The normalized spacial score (nSPS) is 18.0. The van der Waals surface area contributed by atoms with Gasteiger partial charge in [0, 0.05) is 5.92 Å². The maximum atomic E-state index is 13.4. The summed E-state index contributed by atoms with van der Waals surface area (Å²) < 4.78 is 80.3. The van der Waals surface area contributed by atoms with E-state index in [0.717, 1.165) is 11.1 Å². The maximum absolute atomic E-state index is 13.4. The van der Waals surface area contributed by atoms with Gasteiger partial charge in [0.15, 0.2) is 0 Å². The van der Waals surface area contributed by atoms with Gasteiger partial charge in [-0.2, -0.15) is 36.9 Å². The molecule has 2 nitrogen and oxygen atoms in total. The van der Waals surface area contributed by atoms with E-state index in [1.807, 2.05) is 26.0 Å². The Hall–Kier alpha value is -3.78. The molecule has 180 valence electrons. The molecule has 0 bridgehead atoms. The molecule has 2 aromatic carbocycles. The van der Waals surface area contributed by atoms with Gasteiger partial charge in [0.05, 0.1) is 11.1 Å². The summed E-state index contributed by atoms with van der Waals surface area (Å²) >= 11 is 0. The van der Waals surface area contributed by atoms with Gasteiger partial charge in [0.2, 0.25) is 0 Å². The van der Waals surface area contributed by atoms with Crippen LogP contribution in [0.25, 0.3) is 16.7 Å². The van der Waals surface area contributed by atoms with Crippen molar-refractivity contribution in [2.24, 2.45) is 5.92 Å². The molecule has 35 heavy (non-hydrogen) atoms. The van der Waals surface area contributed by atoms with Crippen LogP contribution in [-0.4, -0.2) is 0 Å². The molecule has 0 heterocycles. The number of fused-ring (bicyclic) bond motifs is 1. The molecule has 0 fully saturated rings. The predicted octanol–water partition coefficient (Wildman–Crippen LogP) is 8.45. The summed E-state index contributed by atoms with van der Waals surface area (Å²) in [5.74, 6) is -0.487.